The molecule has 3 aliphatic rings. The van der Waals surface area contributed by atoms with Crippen LogP contribution >= 0.6 is 0 Å². The fourth-order valence-corrected chi connectivity index (χ4v) is 4.73. The summed E-state index contributed by atoms with van der Waals surface area (Å²) in [6, 6.07) is -0.355. The lowest BCUT2D eigenvalue weighted by molar-refractivity contribution is -0.149. The number of carbonyl (C=O) groups is 3. The van der Waals surface area contributed by atoms with E-state index in [-0.39, 0.29) is 36.2 Å². The highest BCUT2D eigenvalue weighted by molar-refractivity contribution is 5.89. The largest absolute Gasteiger partial charge is 0.469 e. The zero-order valence-corrected chi connectivity index (χ0v) is 16.5. The van der Waals surface area contributed by atoms with Gasteiger partial charge in [0, 0.05) is 32.7 Å². The van der Waals surface area contributed by atoms with Gasteiger partial charge in [0.25, 0.3) is 0 Å². The van der Waals surface area contributed by atoms with Gasteiger partial charge in [0.05, 0.1) is 25.5 Å². The molecule has 2 heterocycles. The zero-order valence-electron chi connectivity index (χ0n) is 16.5. The molecule has 2 saturated heterocycles. The fraction of sp³-hybridized carbons (Fsp3) is 0.850. The highest BCUT2D eigenvalue weighted by atomic mass is 16.5. The Kier molecular flexibility index (Phi) is 7.10. The van der Waals surface area contributed by atoms with E-state index in [4.69, 9.17) is 4.74 Å². The van der Waals surface area contributed by atoms with Gasteiger partial charge >= 0.3 is 5.97 Å². The van der Waals surface area contributed by atoms with Crippen LogP contribution in [0.15, 0.2) is 0 Å². The number of esters is 1. The van der Waals surface area contributed by atoms with Gasteiger partial charge in [0.2, 0.25) is 11.8 Å². The molecule has 0 bridgehead atoms. The summed E-state index contributed by atoms with van der Waals surface area (Å²) in [5, 5.41) is 2.92. The third-order valence-corrected chi connectivity index (χ3v) is 6.41. The Labute approximate surface area is 161 Å². The van der Waals surface area contributed by atoms with Crippen LogP contribution in [0.1, 0.15) is 51.4 Å². The van der Waals surface area contributed by atoms with Crippen molar-refractivity contribution in [3.63, 3.8) is 0 Å². The summed E-state index contributed by atoms with van der Waals surface area (Å²) in [5.74, 6) is 0.356. The molecule has 0 aromatic carbocycles. The molecular formula is C20H33N3O4. The second kappa shape index (κ2) is 9.53. The van der Waals surface area contributed by atoms with Crippen molar-refractivity contribution in [2.45, 2.75) is 57.4 Å². The normalized spacial score (nSPS) is 25.9. The molecule has 1 N–H and O–H groups in total. The minimum absolute atomic E-state index is 0.0187. The first-order chi connectivity index (χ1) is 13.1. The maximum atomic E-state index is 12.8. The van der Waals surface area contributed by atoms with E-state index < -0.39 is 0 Å². The monoisotopic (exact) mass is 379 g/mol. The molecule has 0 aromatic rings. The summed E-state index contributed by atoms with van der Waals surface area (Å²) in [5.41, 5.74) is 0. The predicted octanol–water partition coefficient (Wildman–Crippen LogP) is 1.17. The van der Waals surface area contributed by atoms with Gasteiger partial charge in [0.15, 0.2) is 0 Å². The van der Waals surface area contributed by atoms with Gasteiger partial charge in [-0.2, -0.15) is 0 Å². The van der Waals surface area contributed by atoms with E-state index in [1.54, 1.807) is 4.90 Å². The van der Waals surface area contributed by atoms with Crippen LogP contribution in [0, 0.1) is 11.8 Å². The number of rotatable bonds is 5. The van der Waals surface area contributed by atoms with Crippen molar-refractivity contribution in [2.75, 3.05) is 39.8 Å². The lowest BCUT2D eigenvalue weighted by Crippen LogP contribution is -2.58. The molecule has 1 saturated carbocycles. The molecule has 2 amide bonds. The third-order valence-electron chi connectivity index (χ3n) is 6.41. The number of carbonyl (C=O) groups excluding carboxylic acids is 3. The molecule has 3 fully saturated rings. The Morgan fingerprint density at radius 2 is 1.78 bits per heavy atom. The number of methoxy groups -OCH3 is 1. The van der Waals surface area contributed by atoms with Crippen LogP contribution in [0.25, 0.3) is 0 Å². The molecule has 3 rings (SSSR count). The van der Waals surface area contributed by atoms with Crippen LogP contribution in [-0.4, -0.2) is 73.5 Å². The van der Waals surface area contributed by atoms with Crippen LogP contribution in [0.5, 0.6) is 0 Å². The number of nitrogens with zero attached hydrogens (tertiary/aromatic N) is 2. The van der Waals surface area contributed by atoms with Gasteiger partial charge in [-0.15, -0.1) is 0 Å². The highest BCUT2D eigenvalue weighted by Crippen LogP contribution is 2.26. The van der Waals surface area contributed by atoms with E-state index in [2.05, 4.69) is 10.2 Å². The summed E-state index contributed by atoms with van der Waals surface area (Å²) < 4.78 is 4.81. The maximum Gasteiger partial charge on any atom is 0.308 e. The molecule has 152 valence electrons. The highest BCUT2D eigenvalue weighted by Gasteiger charge is 2.35. The molecule has 2 aliphatic heterocycles. The Morgan fingerprint density at radius 1 is 1.07 bits per heavy atom. The van der Waals surface area contributed by atoms with Crippen LogP contribution in [0.3, 0.4) is 0 Å². The lowest BCUT2D eigenvalue weighted by atomic mass is 9.88. The van der Waals surface area contributed by atoms with E-state index in [1.807, 2.05) is 0 Å². The van der Waals surface area contributed by atoms with E-state index in [0.717, 1.165) is 13.1 Å². The molecule has 0 spiro atoms. The van der Waals surface area contributed by atoms with Gasteiger partial charge in [-0.05, 0) is 31.6 Å². The van der Waals surface area contributed by atoms with Gasteiger partial charge in [0.1, 0.15) is 0 Å². The van der Waals surface area contributed by atoms with Crippen molar-refractivity contribution in [2.24, 2.45) is 11.8 Å². The van der Waals surface area contributed by atoms with Crippen LogP contribution in [0.2, 0.25) is 0 Å². The second-order valence-electron chi connectivity index (χ2n) is 8.19. The second-order valence-corrected chi connectivity index (χ2v) is 8.19. The first kappa shape index (κ1) is 20.1. The van der Waals surface area contributed by atoms with E-state index in [0.29, 0.717) is 38.4 Å². The molecule has 7 heteroatoms. The van der Waals surface area contributed by atoms with Gasteiger partial charge in [-0.3, -0.25) is 19.3 Å². The maximum absolute atomic E-state index is 12.8. The molecule has 1 atom stereocenters. The Hall–Kier alpha value is -1.63. The van der Waals surface area contributed by atoms with Crippen LogP contribution < -0.4 is 5.32 Å². The first-order valence-corrected chi connectivity index (χ1v) is 10.5. The number of hydrogen-bond donors (Lipinski definition) is 1. The number of nitrogens with one attached hydrogen (secondary N) is 1. The van der Waals surface area contributed by atoms with Crippen molar-refractivity contribution < 1.29 is 19.1 Å². The predicted molar refractivity (Wildman–Crippen MR) is 101 cm³/mol. The summed E-state index contributed by atoms with van der Waals surface area (Å²) in [4.78, 5) is 40.9. The van der Waals surface area contributed by atoms with Gasteiger partial charge in [-0.25, -0.2) is 0 Å². The number of piperazine rings is 1. The zero-order chi connectivity index (χ0) is 19.2. The summed E-state index contributed by atoms with van der Waals surface area (Å²) in [7, 11) is 1.41. The fourth-order valence-electron chi connectivity index (χ4n) is 4.73. The Morgan fingerprint density at radius 3 is 2.44 bits per heavy atom. The van der Waals surface area contributed by atoms with Crippen molar-refractivity contribution in [1.29, 1.82) is 0 Å². The number of hydrogen-bond acceptors (Lipinski definition) is 5. The Bertz CT molecular complexity index is 539. The molecule has 0 radical (unpaired) electrons. The van der Waals surface area contributed by atoms with Crippen molar-refractivity contribution >= 4 is 17.8 Å². The van der Waals surface area contributed by atoms with Crippen molar-refractivity contribution in [3.05, 3.63) is 0 Å². The average molecular weight is 380 g/mol. The van der Waals surface area contributed by atoms with Crippen LogP contribution in [-0.2, 0) is 19.1 Å². The number of likely N-dealkylation sites (tertiary alicyclic amines) is 1. The van der Waals surface area contributed by atoms with E-state index >= 15 is 0 Å². The number of amides is 2. The third kappa shape index (κ3) is 5.21. The Balaban J connectivity index is 1.53. The lowest BCUT2D eigenvalue weighted by Gasteiger charge is -2.39. The average Bonchev–Trinajstić information content (AvgIpc) is 2.70. The minimum atomic E-state index is -0.355. The van der Waals surface area contributed by atoms with Crippen molar-refractivity contribution in [1.82, 2.24) is 15.1 Å². The van der Waals surface area contributed by atoms with E-state index in [1.165, 1.54) is 39.2 Å². The molecular weight excluding hydrogens is 346 g/mol. The molecule has 0 aromatic heterocycles. The molecule has 7 nitrogen and oxygen atoms in total. The molecule has 1 aliphatic carbocycles. The van der Waals surface area contributed by atoms with Crippen LogP contribution in [0.4, 0.5) is 0 Å². The SMILES string of the molecule is COC(=O)C1CCN(C(=O)C[C@@H]2C(=O)NCCN2CC2CCCCC2)CC1. The smallest absolute Gasteiger partial charge is 0.308 e. The topological polar surface area (TPSA) is 78.9 Å². The first-order valence-electron chi connectivity index (χ1n) is 10.5. The van der Waals surface area contributed by atoms with Gasteiger partial charge in [-0.1, -0.05) is 19.3 Å². The minimum Gasteiger partial charge on any atom is -0.469 e. The summed E-state index contributed by atoms with van der Waals surface area (Å²) in [6.45, 7) is 3.55. The summed E-state index contributed by atoms with van der Waals surface area (Å²) >= 11 is 0. The standard InChI is InChI=1S/C20H33N3O4/c1-27-20(26)16-7-10-22(11-8-16)18(24)13-17-19(25)21-9-12-23(17)14-15-5-3-2-4-6-15/h15-17H,2-14H2,1H3,(H,21,25)/t17-/m1/s1. The molecule has 27 heavy (non-hydrogen) atoms. The molecule has 0 unspecified atom stereocenters. The van der Waals surface area contributed by atoms with Gasteiger partial charge < -0.3 is 15.0 Å². The quantitative estimate of drug-likeness (QED) is 0.726. The van der Waals surface area contributed by atoms with E-state index in [9.17, 15) is 14.4 Å². The summed E-state index contributed by atoms with van der Waals surface area (Å²) in [6.07, 6.45) is 7.87. The number of piperidine rings is 1. The van der Waals surface area contributed by atoms with Crippen molar-refractivity contribution in [3.8, 4) is 0 Å². The number of ether oxygens (including phenoxy) is 1.